The van der Waals surface area contributed by atoms with Crippen LogP contribution in [0.4, 0.5) is 4.79 Å². The minimum absolute atomic E-state index is 0.189. The van der Waals surface area contributed by atoms with Crippen molar-refractivity contribution in [2.75, 3.05) is 65.8 Å². The third-order valence-corrected chi connectivity index (χ3v) is 13.2. The van der Waals surface area contributed by atoms with Gasteiger partial charge < -0.3 is 43.0 Å². The van der Waals surface area contributed by atoms with E-state index in [4.69, 9.17) is 28.4 Å². The molecule has 2 atom stereocenters. The molecule has 1 fully saturated rings. The minimum atomic E-state index is -0.379. The smallest absolute Gasteiger partial charge is 0.409 e. The summed E-state index contributed by atoms with van der Waals surface area (Å²) in [6.07, 6.45) is 38.6. The lowest BCUT2D eigenvalue weighted by atomic mass is 9.98. The molecular formula is C60H120N2O9. The predicted molar refractivity (Wildman–Crippen MR) is 298 cm³/mol. The molecule has 0 aromatic carbocycles. The molecule has 0 aliphatic carbocycles. The van der Waals surface area contributed by atoms with Crippen LogP contribution in [0.1, 0.15) is 281 Å². The predicted octanol–water partition coefficient (Wildman–Crippen LogP) is 16.6. The Morgan fingerprint density at radius 2 is 0.901 bits per heavy atom. The maximum absolute atomic E-state index is 12.9. The average Bonchev–Trinajstić information content (AvgIpc) is 3.38. The normalized spacial score (nSPS) is 14.6. The summed E-state index contributed by atoms with van der Waals surface area (Å²) < 4.78 is 35.3. The number of hydrogen-bond donors (Lipinski definition) is 0. The van der Waals surface area contributed by atoms with Crippen molar-refractivity contribution >= 4 is 18.3 Å². The highest BCUT2D eigenvalue weighted by Gasteiger charge is 2.31. The molecule has 2 unspecified atom stereocenters. The van der Waals surface area contributed by atoms with Crippen LogP contribution >= 0.6 is 0 Å². The van der Waals surface area contributed by atoms with Gasteiger partial charge in [0.25, 0.3) is 0 Å². The molecule has 1 heterocycles. The van der Waals surface area contributed by atoms with E-state index < -0.39 is 0 Å². The Kier molecular flexibility index (Phi) is 57.7. The molecule has 424 valence electrons. The third kappa shape index (κ3) is 48.9. The highest BCUT2D eigenvalue weighted by molar-refractivity contribution is 5.70. The van der Waals surface area contributed by atoms with Crippen molar-refractivity contribution in [3.63, 3.8) is 0 Å². The van der Waals surface area contributed by atoms with E-state index in [1.807, 2.05) is 13.8 Å². The summed E-state index contributed by atoms with van der Waals surface area (Å²) in [6.45, 7) is 26.5. The van der Waals surface area contributed by atoms with Crippen LogP contribution in [-0.4, -0.2) is 113 Å². The van der Waals surface area contributed by atoms with E-state index in [2.05, 4.69) is 53.4 Å². The molecule has 1 amide bonds. The summed E-state index contributed by atoms with van der Waals surface area (Å²) in [5.41, 5.74) is 0. The number of nitrogens with zero attached hydrogens (tertiary/aromatic N) is 2. The molecule has 0 N–H and O–H groups in total. The van der Waals surface area contributed by atoms with Crippen LogP contribution in [0.25, 0.3) is 0 Å². The number of hydrogen-bond acceptors (Lipinski definition) is 10. The van der Waals surface area contributed by atoms with Crippen LogP contribution in [-0.2, 0) is 38.0 Å². The first kappa shape index (κ1) is 71.3. The molecule has 0 bridgehead atoms. The average molecular weight is 1010 g/mol. The minimum Gasteiger partial charge on any atom is -0.460 e. The number of carbonyl (C=O) groups is 3. The van der Waals surface area contributed by atoms with Crippen LogP contribution in [0.5, 0.6) is 0 Å². The molecule has 0 spiro atoms. The van der Waals surface area contributed by atoms with E-state index in [1.165, 1.54) is 154 Å². The second-order valence-electron chi connectivity index (χ2n) is 20.0. The first-order valence-corrected chi connectivity index (χ1v) is 30.5. The number of unbranched alkanes of at least 4 members (excludes halogenated alkanes) is 24. The largest absolute Gasteiger partial charge is 0.460 e. The fourth-order valence-electron chi connectivity index (χ4n) is 8.82. The summed E-state index contributed by atoms with van der Waals surface area (Å²) in [5, 5.41) is 0. The van der Waals surface area contributed by atoms with Gasteiger partial charge in [-0.25, -0.2) is 4.79 Å². The van der Waals surface area contributed by atoms with E-state index in [1.54, 1.807) is 4.90 Å². The first-order chi connectivity index (χ1) is 34.8. The molecule has 11 heteroatoms. The van der Waals surface area contributed by atoms with E-state index in [-0.39, 0.29) is 43.1 Å². The highest BCUT2D eigenvalue weighted by Crippen LogP contribution is 2.21. The molecule has 1 aliphatic heterocycles. The zero-order chi connectivity index (χ0) is 52.7. The molecule has 1 rings (SSSR count). The van der Waals surface area contributed by atoms with Gasteiger partial charge in [-0.3, -0.25) is 4.79 Å². The zero-order valence-corrected chi connectivity index (χ0v) is 48.6. The molecule has 1 saturated heterocycles. The van der Waals surface area contributed by atoms with Crippen molar-refractivity contribution in [2.45, 2.75) is 299 Å². The zero-order valence-electron chi connectivity index (χ0n) is 48.6. The number of likely N-dealkylation sites (tertiary alicyclic amines) is 1. The third-order valence-electron chi connectivity index (χ3n) is 13.2. The van der Waals surface area contributed by atoms with Crippen LogP contribution in [0, 0.1) is 5.92 Å². The van der Waals surface area contributed by atoms with Crippen LogP contribution in [0.2, 0.25) is 0 Å². The number of aldehydes is 1. The molecule has 0 aromatic heterocycles. The van der Waals surface area contributed by atoms with E-state index >= 15 is 0 Å². The van der Waals surface area contributed by atoms with Crippen molar-refractivity contribution in [3.05, 3.63) is 0 Å². The Hall–Kier alpha value is -1.79. The van der Waals surface area contributed by atoms with E-state index in [0.29, 0.717) is 52.2 Å². The fourth-order valence-corrected chi connectivity index (χ4v) is 8.82. The lowest BCUT2D eigenvalue weighted by Crippen LogP contribution is -2.47. The summed E-state index contributed by atoms with van der Waals surface area (Å²) in [5.74, 6) is -0.00572. The van der Waals surface area contributed by atoms with E-state index in [9.17, 15) is 14.4 Å². The van der Waals surface area contributed by atoms with Gasteiger partial charge >= 0.3 is 12.1 Å². The van der Waals surface area contributed by atoms with Crippen molar-refractivity contribution in [1.82, 2.24) is 9.80 Å². The summed E-state index contributed by atoms with van der Waals surface area (Å²) >= 11 is 0. The van der Waals surface area contributed by atoms with Gasteiger partial charge in [0.1, 0.15) is 12.4 Å². The van der Waals surface area contributed by atoms with Gasteiger partial charge in [-0.1, -0.05) is 216 Å². The van der Waals surface area contributed by atoms with Crippen molar-refractivity contribution in [1.29, 1.82) is 0 Å². The lowest BCUT2D eigenvalue weighted by Gasteiger charge is -2.35. The Bertz CT molecular complexity index is 1060. The van der Waals surface area contributed by atoms with Gasteiger partial charge in [0, 0.05) is 58.8 Å². The molecule has 71 heavy (non-hydrogen) atoms. The summed E-state index contributed by atoms with van der Waals surface area (Å²) in [4.78, 5) is 40.2. The summed E-state index contributed by atoms with van der Waals surface area (Å²) in [6, 6.07) is 0. The topological polar surface area (TPSA) is 113 Å². The molecule has 1 aliphatic rings. The second-order valence-corrected chi connectivity index (χ2v) is 20.0. The molecule has 0 radical (unpaired) electrons. The van der Waals surface area contributed by atoms with Crippen molar-refractivity contribution in [2.24, 2.45) is 5.92 Å². The Labute approximate surface area is 440 Å². The number of piperidine rings is 1. The Morgan fingerprint density at radius 1 is 0.521 bits per heavy atom. The molecule has 0 saturated carbocycles. The maximum Gasteiger partial charge on any atom is 0.409 e. The lowest BCUT2D eigenvalue weighted by molar-refractivity contribution is -0.164. The Morgan fingerprint density at radius 3 is 1.28 bits per heavy atom. The number of ether oxygens (including phenoxy) is 6. The van der Waals surface area contributed by atoms with Crippen molar-refractivity contribution < 1.29 is 42.8 Å². The van der Waals surface area contributed by atoms with Gasteiger partial charge in [-0.2, -0.15) is 0 Å². The van der Waals surface area contributed by atoms with Crippen LogP contribution in [0.15, 0.2) is 0 Å². The Balaban J connectivity index is 0. The molecule has 0 aromatic rings. The fraction of sp³-hybridized carbons (Fsp3) is 0.950. The molecular weight excluding hydrogens is 893 g/mol. The number of rotatable bonds is 49. The summed E-state index contributed by atoms with van der Waals surface area (Å²) in [7, 11) is 0. The monoisotopic (exact) mass is 1010 g/mol. The van der Waals surface area contributed by atoms with E-state index in [0.717, 1.165) is 77.7 Å². The maximum atomic E-state index is 12.9. The standard InChI is InChI=1S/C36H70N2O6.C22H44O3.C2H6/c1-6-10-12-14-16-18-20-26-41-35(42-27-21-19-17-15-13-11-7-2)24-23-34(39)44-33-29-32(5)30-38(31-33)36(40)43-28-22-25-37(8-3)9-4;1-3-5-7-9-11-13-15-20-24-22(18-17-19-23)25-21-16-14-12-10-8-6-4-2;1-2/h32-33,35H,6-31H2,1-5H3;19,22H,3-18,20-21H2,1-2H3;1-2H3. The quantitative estimate of drug-likeness (QED) is 0.0253. The van der Waals surface area contributed by atoms with Gasteiger partial charge in [0.15, 0.2) is 12.6 Å². The first-order valence-electron chi connectivity index (χ1n) is 30.5. The van der Waals surface area contributed by atoms with Crippen LogP contribution < -0.4 is 0 Å². The van der Waals surface area contributed by atoms with Crippen LogP contribution in [0.3, 0.4) is 0 Å². The highest BCUT2D eigenvalue weighted by atomic mass is 16.7. The molecule has 11 nitrogen and oxygen atoms in total. The second kappa shape index (κ2) is 57.5. The SMILES string of the molecule is CC.CCCCCCCCCOC(CCC(=O)OC1CC(C)CN(C(=O)OCCCN(CC)CC)C1)OCCCCCCCCC.CCCCCCCCCOC(CCC=O)OCCCCCCCCC. The van der Waals surface area contributed by atoms with Gasteiger partial charge in [-0.15, -0.1) is 0 Å². The number of esters is 1. The number of carbonyl (C=O) groups excluding carboxylic acids is 3. The van der Waals surface area contributed by atoms with Crippen molar-refractivity contribution in [3.8, 4) is 0 Å². The number of amides is 1. The van der Waals surface area contributed by atoms with Gasteiger partial charge in [-0.05, 0) is 57.5 Å². The van der Waals surface area contributed by atoms with Gasteiger partial charge in [0.05, 0.1) is 19.6 Å². The van der Waals surface area contributed by atoms with Gasteiger partial charge in [0.2, 0.25) is 0 Å².